The molecule has 0 aliphatic carbocycles. The Bertz CT molecular complexity index is 2880. The van der Waals surface area contributed by atoms with Gasteiger partial charge in [0.05, 0.1) is 0 Å². The number of hydrogen-bond donors (Lipinski definition) is 0. The normalized spacial score (nSPS) is 11.0. The number of rotatable bonds is 10. The maximum absolute atomic E-state index is 2.36. The Labute approximate surface area is 359 Å². The molecule has 0 N–H and O–H groups in total. The minimum atomic E-state index is 1.09. The van der Waals surface area contributed by atoms with Crippen molar-refractivity contribution >= 4 is 17.1 Å². The summed E-state index contributed by atoms with van der Waals surface area (Å²) in [5.74, 6) is 0. The first-order chi connectivity index (χ1) is 30.2. The van der Waals surface area contributed by atoms with Gasteiger partial charge in [-0.25, -0.2) is 0 Å². The zero-order valence-electron chi connectivity index (χ0n) is 33.8. The molecular weight excluding hydrogens is 735 g/mol. The van der Waals surface area contributed by atoms with Crippen LogP contribution in [-0.2, 0) is 0 Å². The SMILES string of the molecule is c1ccc(-c2cccc(-c3ccc(N(c4ccc(-c5cccc(-c6ccccc6)c5)cc4)c4ccc(-c5cc(-c6ccccc6)ccc5-c5ccccc5)cc4)cc3)c2)cc1. The maximum Gasteiger partial charge on any atom is 0.0462 e. The van der Waals surface area contributed by atoms with Gasteiger partial charge in [0.25, 0.3) is 0 Å². The van der Waals surface area contributed by atoms with E-state index in [1.807, 2.05) is 0 Å². The molecule has 0 radical (unpaired) electrons. The van der Waals surface area contributed by atoms with E-state index < -0.39 is 0 Å². The molecule has 0 spiro atoms. The molecular formula is C60H43N. The largest absolute Gasteiger partial charge is 0.311 e. The highest BCUT2D eigenvalue weighted by Crippen LogP contribution is 2.41. The van der Waals surface area contributed by atoms with Crippen molar-refractivity contribution in [3.05, 3.63) is 261 Å². The Hall–Kier alpha value is -8.00. The molecule has 0 unspecified atom stereocenters. The minimum absolute atomic E-state index is 1.09. The van der Waals surface area contributed by atoms with Gasteiger partial charge in [-0.1, -0.05) is 206 Å². The van der Waals surface area contributed by atoms with Crippen LogP contribution in [0.2, 0.25) is 0 Å². The van der Waals surface area contributed by atoms with Gasteiger partial charge in [0.15, 0.2) is 0 Å². The molecule has 1 heteroatoms. The predicted octanol–water partition coefficient (Wildman–Crippen LogP) is 16.8. The van der Waals surface area contributed by atoms with E-state index in [1.54, 1.807) is 0 Å². The third-order valence-corrected chi connectivity index (χ3v) is 11.5. The number of hydrogen-bond acceptors (Lipinski definition) is 1. The van der Waals surface area contributed by atoms with Gasteiger partial charge in [-0.2, -0.15) is 0 Å². The van der Waals surface area contributed by atoms with Crippen molar-refractivity contribution in [3.63, 3.8) is 0 Å². The molecule has 288 valence electrons. The molecule has 1 nitrogen and oxygen atoms in total. The quantitative estimate of drug-likeness (QED) is 0.134. The smallest absolute Gasteiger partial charge is 0.0462 e. The Morgan fingerprint density at radius 2 is 0.426 bits per heavy atom. The minimum Gasteiger partial charge on any atom is -0.311 e. The molecule has 0 atom stereocenters. The van der Waals surface area contributed by atoms with Crippen LogP contribution < -0.4 is 4.90 Å². The second kappa shape index (κ2) is 17.1. The lowest BCUT2D eigenvalue weighted by molar-refractivity contribution is 1.28. The van der Waals surface area contributed by atoms with E-state index >= 15 is 0 Å². The third-order valence-electron chi connectivity index (χ3n) is 11.5. The van der Waals surface area contributed by atoms with Gasteiger partial charge in [0, 0.05) is 17.1 Å². The Kier molecular flexibility index (Phi) is 10.4. The van der Waals surface area contributed by atoms with Crippen LogP contribution in [0.3, 0.4) is 0 Å². The molecule has 10 aromatic carbocycles. The second-order valence-electron chi connectivity index (χ2n) is 15.4. The molecule has 0 saturated carbocycles. The monoisotopic (exact) mass is 777 g/mol. The molecule has 0 fully saturated rings. The molecule has 0 heterocycles. The molecule has 0 bridgehead atoms. The van der Waals surface area contributed by atoms with Gasteiger partial charge >= 0.3 is 0 Å². The number of nitrogens with zero attached hydrogens (tertiary/aromatic N) is 1. The molecule has 10 rings (SSSR count). The molecule has 0 aromatic heterocycles. The molecule has 0 aliphatic heterocycles. The fourth-order valence-corrected chi connectivity index (χ4v) is 8.32. The van der Waals surface area contributed by atoms with Gasteiger partial charge in [0.1, 0.15) is 0 Å². The van der Waals surface area contributed by atoms with E-state index in [9.17, 15) is 0 Å². The van der Waals surface area contributed by atoms with Crippen LogP contribution in [0.5, 0.6) is 0 Å². The van der Waals surface area contributed by atoms with Crippen molar-refractivity contribution in [1.29, 1.82) is 0 Å². The molecule has 0 saturated heterocycles. The van der Waals surface area contributed by atoms with Crippen LogP contribution in [0.1, 0.15) is 0 Å². The van der Waals surface area contributed by atoms with Crippen LogP contribution >= 0.6 is 0 Å². The fourth-order valence-electron chi connectivity index (χ4n) is 8.32. The van der Waals surface area contributed by atoms with E-state index in [4.69, 9.17) is 0 Å². The topological polar surface area (TPSA) is 3.24 Å². The Balaban J connectivity index is 1.03. The zero-order valence-corrected chi connectivity index (χ0v) is 33.8. The highest BCUT2D eigenvalue weighted by Gasteiger charge is 2.16. The zero-order chi connectivity index (χ0) is 40.8. The van der Waals surface area contributed by atoms with Gasteiger partial charge in [0.2, 0.25) is 0 Å². The van der Waals surface area contributed by atoms with Crippen molar-refractivity contribution < 1.29 is 0 Å². The first-order valence-corrected chi connectivity index (χ1v) is 20.9. The summed E-state index contributed by atoms with van der Waals surface area (Å²) in [5.41, 5.74) is 20.0. The van der Waals surface area contributed by atoms with E-state index in [-0.39, 0.29) is 0 Å². The van der Waals surface area contributed by atoms with Crippen molar-refractivity contribution in [2.24, 2.45) is 0 Å². The van der Waals surface area contributed by atoms with Crippen molar-refractivity contribution in [1.82, 2.24) is 0 Å². The predicted molar refractivity (Wildman–Crippen MR) is 259 cm³/mol. The van der Waals surface area contributed by atoms with Crippen LogP contribution in [0.15, 0.2) is 261 Å². The number of benzene rings is 10. The summed E-state index contributed by atoms with van der Waals surface area (Å²) >= 11 is 0. The van der Waals surface area contributed by atoms with Crippen LogP contribution in [-0.4, -0.2) is 0 Å². The van der Waals surface area contributed by atoms with Crippen LogP contribution in [0, 0.1) is 0 Å². The summed E-state index contributed by atoms with van der Waals surface area (Å²) in [6, 6.07) is 93.9. The van der Waals surface area contributed by atoms with Crippen LogP contribution in [0.4, 0.5) is 17.1 Å². The van der Waals surface area contributed by atoms with E-state index in [0.29, 0.717) is 0 Å². The van der Waals surface area contributed by atoms with E-state index in [0.717, 1.165) is 17.1 Å². The van der Waals surface area contributed by atoms with Crippen molar-refractivity contribution in [3.8, 4) is 77.9 Å². The molecule has 61 heavy (non-hydrogen) atoms. The first-order valence-electron chi connectivity index (χ1n) is 20.9. The summed E-state index contributed by atoms with van der Waals surface area (Å²) in [7, 11) is 0. The van der Waals surface area contributed by atoms with Crippen LogP contribution in [0.25, 0.3) is 77.9 Å². The van der Waals surface area contributed by atoms with Gasteiger partial charge < -0.3 is 4.90 Å². The molecule has 0 aliphatic rings. The lowest BCUT2D eigenvalue weighted by atomic mass is 9.91. The lowest BCUT2D eigenvalue weighted by Crippen LogP contribution is -2.09. The fraction of sp³-hybridized carbons (Fsp3) is 0. The Morgan fingerprint density at radius 3 is 0.803 bits per heavy atom. The van der Waals surface area contributed by atoms with E-state index in [2.05, 4.69) is 266 Å². The summed E-state index contributed by atoms with van der Waals surface area (Å²) in [6.07, 6.45) is 0. The average molecular weight is 778 g/mol. The second-order valence-corrected chi connectivity index (χ2v) is 15.4. The van der Waals surface area contributed by atoms with Crippen molar-refractivity contribution in [2.75, 3.05) is 4.90 Å². The third kappa shape index (κ3) is 8.06. The lowest BCUT2D eigenvalue weighted by Gasteiger charge is -2.26. The van der Waals surface area contributed by atoms with Gasteiger partial charge in [-0.3, -0.25) is 0 Å². The standard InChI is InChI=1S/C60H43N/c1-5-15-44(16-6-1)51-23-13-25-53(41-51)47-27-34-56(35-28-47)61(57-36-29-48(30-37-57)54-26-14-24-52(42-54)45-17-7-2-8-18-45)58-38-31-50(32-39-58)60-43-55(46-19-9-3-10-20-46)33-40-59(60)49-21-11-4-12-22-49/h1-43H. The summed E-state index contributed by atoms with van der Waals surface area (Å²) in [5, 5.41) is 0. The highest BCUT2D eigenvalue weighted by atomic mass is 15.1. The Morgan fingerprint density at radius 1 is 0.164 bits per heavy atom. The summed E-state index contributed by atoms with van der Waals surface area (Å²) in [4.78, 5) is 2.36. The number of anilines is 3. The summed E-state index contributed by atoms with van der Waals surface area (Å²) < 4.78 is 0. The summed E-state index contributed by atoms with van der Waals surface area (Å²) in [6.45, 7) is 0. The van der Waals surface area contributed by atoms with Gasteiger partial charge in [-0.05, 0) is 132 Å². The average Bonchev–Trinajstić information content (AvgIpc) is 3.36. The highest BCUT2D eigenvalue weighted by molar-refractivity contribution is 5.89. The molecule has 0 amide bonds. The van der Waals surface area contributed by atoms with E-state index in [1.165, 1.54) is 77.9 Å². The molecule has 10 aromatic rings. The van der Waals surface area contributed by atoms with Crippen molar-refractivity contribution in [2.45, 2.75) is 0 Å². The first kappa shape index (κ1) is 37.3. The van der Waals surface area contributed by atoms with Gasteiger partial charge in [-0.15, -0.1) is 0 Å². The maximum atomic E-state index is 2.36.